The third-order valence-corrected chi connectivity index (χ3v) is 7.95. The van der Waals surface area contributed by atoms with Crippen LogP contribution in [0.25, 0.3) is 11.0 Å². The number of methoxy groups -OCH3 is 1. The van der Waals surface area contributed by atoms with Crippen LogP contribution in [-0.2, 0) is 9.53 Å². The number of benzene rings is 2. The molecule has 1 N–H and O–H groups in total. The summed E-state index contributed by atoms with van der Waals surface area (Å²) in [6, 6.07) is 8.58. The van der Waals surface area contributed by atoms with Gasteiger partial charge in [-0.2, -0.15) is 0 Å². The predicted molar refractivity (Wildman–Crippen MR) is 136 cm³/mol. The predicted octanol–water partition coefficient (Wildman–Crippen LogP) is 6.88. The lowest BCUT2D eigenvalue weighted by Crippen LogP contribution is -2.39. The number of aromatic nitrogens is 2. The maximum Gasteiger partial charge on any atom is 0.247 e. The number of hydrogen-bond acceptors (Lipinski definition) is 3. The van der Waals surface area contributed by atoms with Gasteiger partial charge in [-0.1, -0.05) is 55.8 Å². The van der Waals surface area contributed by atoms with Gasteiger partial charge in [-0.15, -0.1) is 0 Å². The van der Waals surface area contributed by atoms with E-state index in [0.717, 1.165) is 63.5 Å². The molecular formula is C28H32ClF2N3O2. The molecule has 3 aromatic rings. The fourth-order valence-corrected chi connectivity index (χ4v) is 6.17. The highest BCUT2D eigenvalue weighted by Crippen LogP contribution is 2.40. The van der Waals surface area contributed by atoms with Gasteiger partial charge in [0, 0.05) is 30.3 Å². The molecule has 0 bridgehead atoms. The Kier molecular flexibility index (Phi) is 7.58. The summed E-state index contributed by atoms with van der Waals surface area (Å²) < 4.78 is 36.6. The van der Waals surface area contributed by atoms with Crippen LogP contribution in [0.5, 0.6) is 0 Å². The van der Waals surface area contributed by atoms with Gasteiger partial charge in [0.25, 0.3) is 0 Å². The second kappa shape index (κ2) is 10.9. The Balaban J connectivity index is 1.70. The van der Waals surface area contributed by atoms with Gasteiger partial charge < -0.3 is 14.6 Å². The van der Waals surface area contributed by atoms with Crippen molar-refractivity contribution in [1.29, 1.82) is 0 Å². The normalized spacial score (nSPS) is 19.0. The second-order valence-electron chi connectivity index (χ2n) is 10.1. The molecule has 5 nitrogen and oxygen atoms in total. The van der Waals surface area contributed by atoms with Gasteiger partial charge in [0.05, 0.1) is 11.0 Å². The summed E-state index contributed by atoms with van der Waals surface area (Å²) in [6.45, 7) is 0. The van der Waals surface area contributed by atoms with E-state index < -0.39 is 23.8 Å². The van der Waals surface area contributed by atoms with Crippen LogP contribution in [0, 0.1) is 17.6 Å². The summed E-state index contributed by atoms with van der Waals surface area (Å²) in [6.07, 6.45) is 8.89. The molecule has 0 saturated heterocycles. The van der Waals surface area contributed by atoms with Crippen LogP contribution in [0.15, 0.2) is 36.4 Å². The lowest BCUT2D eigenvalue weighted by molar-refractivity contribution is -0.124. The second-order valence-corrected chi connectivity index (χ2v) is 10.5. The Hall–Kier alpha value is -2.51. The van der Waals surface area contributed by atoms with Crippen molar-refractivity contribution in [2.45, 2.75) is 76.0 Å². The zero-order valence-electron chi connectivity index (χ0n) is 20.5. The van der Waals surface area contributed by atoms with Gasteiger partial charge >= 0.3 is 0 Å². The quantitative estimate of drug-likeness (QED) is 0.373. The van der Waals surface area contributed by atoms with Crippen molar-refractivity contribution in [2.75, 3.05) is 7.11 Å². The number of rotatable bonds is 7. The molecule has 2 saturated carbocycles. The molecule has 0 aliphatic heterocycles. The summed E-state index contributed by atoms with van der Waals surface area (Å²) in [4.78, 5) is 18.7. The van der Waals surface area contributed by atoms with Crippen molar-refractivity contribution in [1.82, 2.24) is 14.9 Å². The maximum atomic E-state index is 14.6. The lowest BCUT2D eigenvalue weighted by atomic mass is 9.84. The minimum atomic E-state index is -0.983. The van der Waals surface area contributed by atoms with Crippen LogP contribution in [0.1, 0.15) is 81.3 Å². The number of ether oxygens (including phenoxy) is 1. The van der Waals surface area contributed by atoms with Crippen molar-refractivity contribution in [3.05, 3.63) is 64.4 Å². The van der Waals surface area contributed by atoms with Crippen LogP contribution in [-0.4, -0.2) is 28.6 Å². The van der Waals surface area contributed by atoms with E-state index in [9.17, 15) is 13.6 Å². The molecule has 0 radical (unpaired) electrons. The van der Waals surface area contributed by atoms with Crippen LogP contribution >= 0.6 is 11.6 Å². The van der Waals surface area contributed by atoms with Gasteiger partial charge in [-0.05, 0) is 49.3 Å². The molecule has 2 aliphatic carbocycles. The standard InChI is InChI=1S/C28H32ClF2N3O2/c1-36-26(17-8-3-2-4-9-17)27-33-23-15-21(30)22(31)16-24(23)34(27)25(18-10-7-11-19(29)14-18)28(35)32-20-12-5-6-13-20/h7,10-11,14-17,20,25-26H,2-6,8-9,12-13H2,1H3,(H,32,35). The van der Waals surface area contributed by atoms with Gasteiger partial charge in [0.15, 0.2) is 11.6 Å². The molecule has 2 aromatic carbocycles. The van der Waals surface area contributed by atoms with Crippen LogP contribution < -0.4 is 5.32 Å². The first-order valence-corrected chi connectivity index (χ1v) is 13.3. The first-order valence-electron chi connectivity index (χ1n) is 12.9. The topological polar surface area (TPSA) is 56.2 Å². The number of nitrogens with one attached hydrogen (secondary N) is 1. The number of carbonyl (C=O) groups excluding carboxylic acids is 1. The third kappa shape index (κ3) is 5.00. The lowest BCUT2D eigenvalue weighted by Gasteiger charge is -2.31. The minimum absolute atomic E-state index is 0.0863. The molecule has 36 heavy (non-hydrogen) atoms. The number of nitrogens with zero attached hydrogens (tertiary/aromatic N) is 2. The molecule has 192 valence electrons. The van der Waals surface area contributed by atoms with Gasteiger partial charge in [0.2, 0.25) is 5.91 Å². The molecular weight excluding hydrogens is 484 g/mol. The van der Waals surface area contributed by atoms with E-state index in [0.29, 0.717) is 27.4 Å². The van der Waals surface area contributed by atoms with Gasteiger partial charge in [-0.3, -0.25) is 4.79 Å². The molecule has 2 atom stereocenters. The summed E-state index contributed by atoms with van der Waals surface area (Å²) in [5.41, 5.74) is 1.30. The molecule has 1 heterocycles. The number of imidazole rings is 1. The van der Waals surface area contributed by atoms with Crippen molar-refractivity contribution in [2.24, 2.45) is 5.92 Å². The smallest absolute Gasteiger partial charge is 0.247 e. The van der Waals surface area contributed by atoms with E-state index in [1.807, 2.05) is 6.07 Å². The minimum Gasteiger partial charge on any atom is -0.373 e. The van der Waals surface area contributed by atoms with Crippen LogP contribution in [0.3, 0.4) is 0 Å². The van der Waals surface area contributed by atoms with Crippen molar-refractivity contribution in [3.63, 3.8) is 0 Å². The average molecular weight is 516 g/mol. The Morgan fingerprint density at radius 3 is 2.44 bits per heavy atom. The monoisotopic (exact) mass is 515 g/mol. The fraction of sp³-hybridized carbons (Fsp3) is 0.500. The van der Waals surface area contributed by atoms with Gasteiger partial charge in [0.1, 0.15) is 18.0 Å². The fourth-order valence-electron chi connectivity index (χ4n) is 5.97. The summed E-state index contributed by atoms with van der Waals surface area (Å²) in [5, 5.41) is 3.69. The average Bonchev–Trinajstić information content (AvgIpc) is 3.50. The molecule has 8 heteroatoms. The number of amides is 1. The number of hydrogen-bond donors (Lipinski definition) is 1. The van der Waals surface area contributed by atoms with Crippen molar-refractivity contribution < 1.29 is 18.3 Å². The van der Waals surface area contributed by atoms with E-state index in [-0.39, 0.29) is 17.9 Å². The molecule has 2 fully saturated rings. The van der Waals surface area contributed by atoms with E-state index in [4.69, 9.17) is 21.3 Å². The number of fused-ring (bicyclic) bond motifs is 1. The van der Waals surface area contributed by atoms with E-state index in [1.165, 1.54) is 6.42 Å². The Morgan fingerprint density at radius 2 is 1.75 bits per heavy atom. The molecule has 2 aliphatic rings. The van der Waals surface area contributed by atoms with Crippen LogP contribution in [0.2, 0.25) is 5.02 Å². The van der Waals surface area contributed by atoms with E-state index in [2.05, 4.69) is 5.32 Å². The molecule has 1 amide bonds. The Labute approximate surface area is 215 Å². The highest BCUT2D eigenvalue weighted by molar-refractivity contribution is 6.30. The third-order valence-electron chi connectivity index (χ3n) is 7.72. The SMILES string of the molecule is COC(c1nc2cc(F)c(F)cc2n1C(C(=O)NC1CCCC1)c1cccc(Cl)c1)C1CCCCC1. The van der Waals surface area contributed by atoms with Gasteiger partial charge in [-0.25, -0.2) is 13.8 Å². The first kappa shape index (κ1) is 25.2. The zero-order valence-corrected chi connectivity index (χ0v) is 21.2. The maximum absolute atomic E-state index is 14.6. The Morgan fingerprint density at radius 1 is 1.06 bits per heavy atom. The molecule has 2 unspecified atom stereocenters. The largest absolute Gasteiger partial charge is 0.373 e. The summed E-state index contributed by atoms with van der Waals surface area (Å²) >= 11 is 6.35. The number of halogens is 3. The zero-order chi connectivity index (χ0) is 25.2. The highest BCUT2D eigenvalue weighted by atomic mass is 35.5. The molecule has 1 aromatic heterocycles. The summed E-state index contributed by atoms with van der Waals surface area (Å²) in [5.74, 6) is -1.46. The molecule has 5 rings (SSSR count). The van der Waals surface area contributed by atoms with E-state index >= 15 is 0 Å². The van der Waals surface area contributed by atoms with Crippen LogP contribution in [0.4, 0.5) is 8.78 Å². The van der Waals surface area contributed by atoms with E-state index in [1.54, 1.807) is 29.9 Å². The summed E-state index contributed by atoms with van der Waals surface area (Å²) in [7, 11) is 1.64. The Bertz CT molecular complexity index is 1240. The van der Waals surface area contributed by atoms with Crippen molar-refractivity contribution in [3.8, 4) is 0 Å². The highest BCUT2D eigenvalue weighted by Gasteiger charge is 2.35. The molecule has 0 spiro atoms. The number of carbonyl (C=O) groups is 1. The first-order chi connectivity index (χ1) is 17.5. The van der Waals surface area contributed by atoms with Crippen molar-refractivity contribution >= 4 is 28.5 Å².